The van der Waals surface area contributed by atoms with Crippen LogP contribution in [0.3, 0.4) is 0 Å². The van der Waals surface area contributed by atoms with E-state index in [2.05, 4.69) is 43.8 Å². The van der Waals surface area contributed by atoms with Crippen molar-refractivity contribution >= 4 is 54.6 Å². The minimum absolute atomic E-state index is 0.0176. The zero-order chi connectivity index (χ0) is 29.6. The molecule has 1 fully saturated rings. The largest absolute Gasteiger partial charge is 0.378 e. The van der Waals surface area contributed by atoms with Crippen molar-refractivity contribution in [3.05, 3.63) is 93.5 Å². The fourth-order valence-electron chi connectivity index (χ4n) is 5.42. The molecule has 0 bridgehead atoms. The number of pyridine rings is 1. The number of rotatable bonds is 6. The smallest absolute Gasteiger partial charge is 0.254 e. The number of amides is 1. The third-order valence-corrected chi connectivity index (χ3v) is 9.02. The van der Waals surface area contributed by atoms with Gasteiger partial charge in [-0.1, -0.05) is 6.07 Å². The summed E-state index contributed by atoms with van der Waals surface area (Å²) in [4.78, 5) is 24.3. The normalized spacial score (nSPS) is 15.0. The summed E-state index contributed by atoms with van der Waals surface area (Å²) in [5.74, 6) is 0.0176. The average Bonchev–Trinajstić information content (AvgIpc) is 3.54. The molecule has 1 saturated heterocycles. The number of sulfonamides is 1. The highest BCUT2D eigenvalue weighted by Crippen LogP contribution is 2.41. The van der Waals surface area contributed by atoms with E-state index in [1.54, 1.807) is 18.3 Å². The number of morpholine rings is 1. The van der Waals surface area contributed by atoms with Gasteiger partial charge in [-0.05, 0) is 78.3 Å². The number of fused-ring (bicyclic) bond motifs is 1. The van der Waals surface area contributed by atoms with Crippen molar-refractivity contribution in [1.82, 2.24) is 14.5 Å². The van der Waals surface area contributed by atoms with E-state index in [0.717, 1.165) is 34.0 Å². The van der Waals surface area contributed by atoms with E-state index >= 15 is 0 Å². The Morgan fingerprint density at radius 2 is 1.81 bits per heavy atom. The number of carbonyl (C=O) groups excluding carboxylic acids is 1. The van der Waals surface area contributed by atoms with E-state index in [0.29, 0.717) is 59.8 Å². The average molecular weight is 650 g/mol. The lowest BCUT2D eigenvalue weighted by Gasteiger charge is -2.27. The molecule has 12 heteroatoms. The van der Waals surface area contributed by atoms with Crippen LogP contribution in [0.25, 0.3) is 5.69 Å². The predicted molar refractivity (Wildman–Crippen MR) is 165 cm³/mol. The second kappa shape index (κ2) is 11.1. The summed E-state index contributed by atoms with van der Waals surface area (Å²) in [5.41, 5.74) is 8.34. The Morgan fingerprint density at radius 1 is 1.07 bits per heavy atom. The van der Waals surface area contributed by atoms with Crippen LogP contribution in [0, 0.1) is 13.8 Å². The Hall–Kier alpha value is -3.84. The van der Waals surface area contributed by atoms with Crippen LogP contribution in [-0.4, -0.2) is 60.8 Å². The van der Waals surface area contributed by atoms with Crippen LogP contribution in [-0.2, 0) is 21.2 Å². The number of ether oxygens (including phenoxy) is 1. The number of halogens is 1. The molecule has 0 unspecified atom stereocenters. The molecule has 0 atom stereocenters. The molecule has 4 aromatic rings. The van der Waals surface area contributed by atoms with Crippen molar-refractivity contribution in [3.63, 3.8) is 0 Å². The molecule has 3 N–H and O–H groups in total. The first kappa shape index (κ1) is 28.3. The number of aromatic nitrogens is 2. The van der Waals surface area contributed by atoms with E-state index in [4.69, 9.17) is 14.9 Å². The van der Waals surface area contributed by atoms with Gasteiger partial charge >= 0.3 is 0 Å². The third-order valence-electron chi connectivity index (χ3n) is 7.51. The SMILES string of the molecule is Cc1cc(C2=Nc3c(ncc(Br)c3Nc3cccc(S(N)(=O)=O)c3)C2)c(C)n1-c1ccc(C(=O)N2CCOCC2)cc1. The minimum atomic E-state index is -3.84. The van der Waals surface area contributed by atoms with Gasteiger partial charge in [0.2, 0.25) is 10.0 Å². The minimum Gasteiger partial charge on any atom is -0.378 e. The summed E-state index contributed by atoms with van der Waals surface area (Å²) in [6.45, 7) is 6.45. The third kappa shape index (κ3) is 5.38. The summed E-state index contributed by atoms with van der Waals surface area (Å²) < 4.78 is 31.9. The number of hydrogen-bond acceptors (Lipinski definition) is 7. The predicted octanol–water partition coefficient (Wildman–Crippen LogP) is 4.79. The van der Waals surface area contributed by atoms with Gasteiger partial charge in [-0.15, -0.1) is 0 Å². The maximum absolute atomic E-state index is 12.9. The molecular weight excluding hydrogens is 620 g/mol. The molecule has 2 aliphatic heterocycles. The van der Waals surface area contributed by atoms with Gasteiger partial charge in [0.25, 0.3) is 5.91 Å². The lowest BCUT2D eigenvalue weighted by Crippen LogP contribution is -2.40. The molecule has 10 nitrogen and oxygen atoms in total. The Morgan fingerprint density at radius 3 is 2.52 bits per heavy atom. The zero-order valence-electron chi connectivity index (χ0n) is 23.1. The van der Waals surface area contributed by atoms with Crippen LogP contribution in [0.5, 0.6) is 0 Å². The molecule has 0 radical (unpaired) electrons. The highest BCUT2D eigenvalue weighted by molar-refractivity contribution is 9.10. The van der Waals surface area contributed by atoms with Crippen molar-refractivity contribution in [2.24, 2.45) is 10.1 Å². The molecule has 4 heterocycles. The second-order valence-electron chi connectivity index (χ2n) is 10.3. The van der Waals surface area contributed by atoms with Crippen LogP contribution >= 0.6 is 15.9 Å². The molecule has 42 heavy (non-hydrogen) atoms. The standard InChI is InChI=1S/C30H29BrN6O4S/c1-18-14-24(19(2)37(18)22-8-6-20(7-9-22)30(38)36-10-12-41-13-11-36)26-16-27-29(35-26)28(25(31)17-33-27)34-21-4-3-5-23(15-21)42(32,39)40/h3-9,14-15,17H,10-13,16H2,1-2H3,(H,33,34)(H2,32,39,40). The second-order valence-corrected chi connectivity index (χ2v) is 12.7. The van der Waals surface area contributed by atoms with E-state index in [9.17, 15) is 13.2 Å². The molecule has 0 spiro atoms. The number of nitrogens with two attached hydrogens (primary N) is 1. The molecular formula is C30H29BrN6O4S. The van der Waals surface area contributed by atoms with Gasteiger partial charge in [-0.25, -0.2) is 18.5 Å². The molecule has 0 aliphatic carbocycles. The number of aliphatic imine (C=N–C) groups is 1. The fourth-order valence-corrected chi connectivity index (χ4v) is 6.37. The summed E-state index contributed by atoms with van der Waals surface area (Å²) in [7, 11) is -3.84. The molecule has 216 valence electrons. The molecule has 1 amide bonds. The van der Waals surface area contributed by atoms with Crippen LogP contribution in [0.1, 0.15) is 33.0 Å². The number of hydrogen-bond donors (Lipinski definition) is 2. The van der Waals surface area contributed by atoms with Crippen molar-refractivity contribution < 1.29 is 17.9 Å². The van der Waals surface area contributed by atoms with Gasteiger partial charge < -0.3 is 19.5 Å². The summed E-state index contributed by atoms with van der Waals surface area (Å²) >= 11 is 3.57. The van der Waals surface area contributed by atoms with Crippen molar-refractivity contribution in [1.29, 1.82) is 0 Å². The number of anilines is 2. The van der Waals surface area contributed by atoms with Gasteiger partial charge in [0.1, 0.15) is 5.69 Å². The molecule has 2 aliphatic rings. The first-order valence-electron chi connectivity index (χ1n) is 13.4. The number of aryl methyl sites for hydroxylation is 1. The van der Waals surface area contributed by atoms with Crippen LogP contribution in [0.15, 0.2) is 75.2 Å². The van der Waals surface area contributed by atoms with Gasteiger partial charge in [-0.3, -0.25) is 9.78 Å². The Kier molecular flexibility index (Phi) is 7.48. The molecule has 0 saturated carbocycles. The first-order valence-corrected chi connectivity index (χ1v) is 15.8. The van der Waals surface area contributed by atoms with Crippen LogP contribution in [0.2, 0.25) is 0 Å². The Bertz CT molecular complexity index is 1840. The highest BCUT2D eigenvalue weighted by atomic mass is 79.9. The number of carbonyl (C=O) groups is 1. The van der Waals surface area contributed by atoms with E-state index in [-0.39, 0.29) is 10.8 Å². The zero-order valence-corrected chi connectivity index (χ0v) is 25.5. The van der Waals surface area contributed by atoms with Gasteiger partial charge in [-0.2, -0.15) is 0 Å². The lowest BCUT2D eigenvalue weighted by atomic mass is 10.1. The number of primary sulfonamides is 1. The lowest BCUT2D eigenvalue weighted by molar-refractivity contribution is 0.0303. The summed E-state index contributed by atoms with van der Waals surface area (Å²) in [6, 6.07) is 16.1. The van der Waals surface area contributed by atoms with Crippen LogP contribution < -0.4 is 10.5 Å². The van der Waals surface area contributed by atoms with Crippen molar-refractivity contribution in [2.75, 3.05) is 31.6 Å². The maximum atomic E-state index is 12.9. The summed E-state index contributed by atoms with van der Waals surface area (Å²) in [6.07, 6.45) is 2.26. The molecule has 2 aromatic heterocycles. The Balaban J connectivity index is 1.29. The Labute approximate surface area is 252 Å². The number of benzene rings is 2. The molecule has 6 rings (SSSR count). The van der Waals surface area contributed by atoms with Crippen molar-refractivity contribution in [3.8, 4) is 5.69 Å². The highest BCUT2D eigenvalue weighted by Gasteiger charge is 2.26. The fraction of sp³-hybridized carbons (Fsp3) is 0.233. The van der Waals surface area contributed by atoms with Gasteiger partial charge in [0.15, 0.2) is 0 Å². The van der Waals surface area contributed by atoms with Gasteiger partial charge in [0.05, 0.1) is 39.7 Å². The number of nitrogens with zero attached hydrogens (tertiary/aromatic N) is 4. The molecule has 2 aromatic carbocycles. The van der Waals surface area contributed by atoms with E-state index in [1.807, 2.05) is 36.1 Å². The van der Waals surface area contributed by atoms with E-state index < -0.39 is 10.0 Å². The van der Waals surface area contributed by atoms with Crippen molar-refractivity contribution in [2.45, 2.75) is 25.2 Å². The van der Waals surface area contributed by atoms with Crippen LogP contribution in [0.4, 0.5) is 17.1 Å². The summed E-state index contributed by atoms with van der Waals surface area (Å²) in [5, 5.41) is 8.62. The van der Waals surface area contributed by atoms with E-state index in [1.165, 1.54) is 12.1 Å². The quantitative estimate of drug-likeness (QED) is 0.309. The van der Waals surface area contributed by atoms with Gasteiger partial charge in [0, 0.05) is 59.6 Å². The monoisotopic (exact) mass is 648 g/mol. The topological polar surface area (TPSA) is 132 Å². The first-order chi connectivity index (χ1) is 20.1. The number of nitrogens with one attached hydrogen (secondary N) is 1. The maximum Gasteiger partial charge on any atom is 0.254 e.